The standard InChI is InChI=1S/C22H15ClFNO4S/c1-11-9-12(4-6-14(11)24)20(27)18-19(17-3-2-8-30-17)25(22(29)21(18)28)15-10-13(23)5-7-16(15)26/h2-10,19,26-27H,1H3/b20-18-. The second-order valence-corrected chi connectivity index (χ2v) is 8.20. The van der Waals surface area contributed by atoms with Gasteiger partial charge in [0.15, 0.2) is 0 Å². The van der Waals surface area contributed by atoms with E-state index in [1.165, 1.54) is 54.7 Å². The molecule has 0 aliphatic carbocycles. The van der Waals surface area contributed by atoms with E-state index >= 15 is 0 Å². The zero-order valence-electron chi connectivity index (χ0n) is 15.6. The molecule has 1 fully saturated rings. The number of halogens is 2. The van der Waals surface area contributed by atoms with Crippen LogP contribution in [-0.2, 0) is 9.59 Å². The molecule has 1 atom stereocenters. The van der Waals surface area contributed by atoms with Crippen LogP contribution in [0.15, 0.2) is 59.5 Å². The highest BCUT2D eigenvalue weighted by atomic mass is 35.5. The Morgan fingerprint density at radius 2 is 1.93 bits per heavy atom. The highest BCUT2D eigenvalue weighted by molar-refractivity contribution is 7.10. The van der Waals surface area contributed by atoms with Gasteiger partial charge in [0.05, 0.1) is 11.3 Å². The van der Waals surface area contributed by atoms with Gasteiger partial charge in [0, 0.05) is 15.5 Å². The summed E-state index contributed by atoms with van der Waals surface area (Å²) in [5.41, 5.74) is 0.405. The molecule has 30 heavy (non-hydrogen) atoms. The van der Waals surface area contributed by atoms with Crippen molar-refractivity contribution < 1.29 is 24.2 Å². The maximum absolute atomic E-state index is 13.7. The maximum atomic E-state index is 13.7. The monoisotopic (exact) mass is 443 g/mol. The number of aliphatic hydroxyl groups is 1. The van der Waals surface area contributed by atoms with E-state index in [4.69, 9.17) is 11.6 Å². The van der Waals surface area contributed by atoms with Gasteiger partial charge in [-0.3, -0.25) is 14.5 Å². The van der Waals surface area contributed by atoms with E-state index in [0.29, 0.717) is 4.88 Å². The number of phenols is 1. The van der Waals surface area contributed by atoms with Crippen molar-refractivity contribution in [2.75, 3.05) is 4.90 Å². The number of phenolic OH excluding ortho intramolecular Hbond substituents is 1. The lowest BCUT2D eigenvalue weighted by molar-refractivity contribution is -0.132. The Morgan fingerprint density at radius 3 is 2.60 bits per heavy atom. The number of carbonyl (C=O) groups is 2. The zero-order valence-corrected chi connectivity index (χ0v) is 17.2. The number of hydrogen-bond acceptors (Lipinski definition) is 5. The topological polar surface area (TPSA) is 77.8 Å². The largest absolute Gasteiger partial charge is 0.507 e. The van der Waals surface area contributed by atoms with Crippen molar-refractivity contribution in [3.05, 3.63) is 86.3 Å². The number of amides is 1. The first-order chi connectivity index (χ1) is 14.3. The smallest absolute Gasteiger partial charge is 0.300 e. The fourth-order valence-electron chi connectivity index (χ4n) is 3.43. The van der Waals surface area contributed by atoms with Gasteiger partial charge in [-0.15, -0.1) is 11.3 Å². The molecular weight excluding hydrogens is 429 g/mol. The molecule has 152 valence electrons. The van der Waals surface area contributed by atoms with Crippen LogP contribution >= 0.6 is 22.9 Å². The molecule has 8 heteroatoms. The lowest BCUT2D eigenvalue weighted by Crippen LogP contribution is -2.29. The minimum absolute atomic E-state index is 0.0531. The van der Waals surface area contributed by atoms with Crippen molar-refractivity contribution in [3.63, 3.8) is 0 Å². The third-order valence-corrected chi connectivity index (χ3v) is 6.05. The van der Waals surface area contributed by atoms with Gasteiger partial charge in [0.25, 0.3) is 11.7 Å². The molecule has 1 aliphatic rings. The zero-order chi connectivity index (χ0) is 21.6. The summed E-state index contributed by atoms with van der Waals surface area (Å²) in [5, 5.41) is 23.3. The Morgan fingerprint density at radius 1 is 1.17 bits per heavy atom. The molecule has 0 bridgehead atoms. The van der Waals surface area contributed by atoms with E-state index in [0.717, 1.165) is 4.90 Å². The number of aryl methyl sites for hydroxylation is 1. The van der Waals surface area contributed by atoms with Crippen molar-refractivity contribution >= 4 is 46.1 Å². The van der Waals surface area contributed by atoms with Crippen LogP contribution < -0.4 is 4.90 Å². The van der Waals surface area contributed by atoms with E-state index in [9.17, 15) is 24.2 Å². The van der Waals surface area contributed by atoms with Crippen LogP contribution in [0.4, 0.5) is 10.1 Å². The molecule has 0 saturated carbocycles. The Kier molecular flexibility index (Phi) is 5.09. The number of benzene rings is 2. The SMILES string of the molecule is Cc1cc(/C(O)=C2/C(=O)C(=O)N(c3cc(Cl)ccc3O)C2c2cccs2)ccc1F. The van der Waals surface area contributed by atoms with E-state index in [1.807, 2.05) is 0 Å². The van der Waals surface area contributed by atoms with Gasteiger partial charge in [-0.2, -0.15) is 0 Å². The van der Waals surface area contributed by atoms with E-state index < -0.39 is 29.3 Å². The van der Waals surface area contributed by atoms with Crippen LogP contribution in [0.5, 0.6) is 5.75 Å². The Balaban J connectivity index is 1.96. The van der Waals surface area contributed by atoms with Crippen LogP contribution in [0.25, 0.3) is 5.76 Å². The predicted molar refractivity (Wildman–Crippen MR) is 113 cm³/mol. The summed E-state index contributed by atoms with van der Waals surface area (Å²) in [7, 11) is 0. The Hall–Kier alpha value is -3.16. The summed E-state index contributed by atoms with van der Waals surface area (Å²) in [6, 6.07) is 10.6. The van der Waals surface area contributed by atoms with Gasteiger partial charge >= 0.3 is 0 Å². The molecule has 5 nitrogen and oxygen atoms in total. The summed E-state index contributed by atoms with van der Waals surface area (Å²) >= 11 is 7.34. The quantitative estimate of drug-likeness (QED) is 0.332. The van der Waals surface area contributed by atoms with E-state index in [-0.39, 0.29) is 33.2 Å². The van der Waals surface area contributed by atoms with Crippen molar-refractivity contribution in [2.24, 2.45) is 0 Å². The number of anilines is 1. The minimum atomic E-state index is -0.972. The molecule has 4 rings (SSSR count). The third-order valence-electron chi connectivity index (χ3n) is 4.89. The van der Waals surface area contributed by atoms with Crippen molar-refractivity contribution in [1.29, 1.82) is 0 Å². The first kappa shape index (κ1) is 20.1. The molecule has 2 aromatic carbocycles. The van der Waals surface area contributed by atoms with Gasteiger partial charge in [-0.25, -0.2) is 4.39 Å². The number of carbonyl (C=O) groups excluding carboxylic acids is 2. The fraction of sp³-hybridized carbons (Fsp3) is 0.0909. The highest BCUT2D eigenvalue weighted by Gasteiger charge is 2.48. The number of aliphatic hydroxyl groups excluding tert-OH is 1. The van der Waals surface area contributed by atoms with Crippen LogP contribution in [-0.4, -0.2) is 21.9 Å². The number of aromatic hydroxyl groups is 1. The molecule has 1 unspecified atom stereocenters. The summed E-state index contributed by atoms with van der Waals surface area (Å²) in [4.78, 5) is 27.7. The second kappa shape index (κ2) is 7.59. The van der Waals surface area contributed by atoms with Gasteiger partial charge in [-0.1, -0.05) is 17.7 Å². The lowest BCUT2D eigenvalue weighted by atomic mass is 9.98. The third kappa shape index (κ3) is 3.26. The van der Waals surface area contributed by atoms with Crippen molar-refractivity contribution in [3.8, 4) is 5.75 Å². The second-order valence-electron chi connectivity index (χ2n) is 6.78. The Bertz CT molecular complexity index is 1210. The van der Waals surface area contributed by atoms with Crippen LogP contribution in [0.3, 0.4) is 0 Å². The number of rotatable bonds is 3. The molecular formula is C22H15ClFNO4S. The fourth-order valence-corrected chi connectivity index (χ4v) is 4.42. The maximum Gasteiger partial charge on any atom is 0.300 e. The van der Waals surface area contributed by atoms with E-state index in [1.54, 1.807) is 17.5 Å². The molecule has 1 aliphatic heterocycles. The van der Waals surface area contributed by atoms with Crippen LogP contribution in [0, 0.1) is 12.7 Å². The van der Waals surface area contributed by atoms with E-state index in [2.05, 4.69) is 0 Å². The number of thiophene rings is 1. The molecule has 1 amide bonds. The van der Waals surface area contributed by atoms with Gasteiger partial charge in [0.1, 0.15) is 23.4 Å². The first-order valence-electron chi connectivity index (χ1n) is 8.89. The molecule has 2 heterocycles. The van der Waals surface area contributed by atoms with Gasteiger partial charge < -0.3 is 10.2 Å². The average molecular weight is 444 g/mol. The predicted octanol–water partition coefficient (Wildman–Crippen LogP) is 5.18. The van der Waals surface area contributed by atoms with Gasteiger partial charge in [0.2, 0.25) is 0 Å². The highest BCUT2D eigenvalue weighted by Crippen LogP contribution is 2.46. The summed E-state index contributed by atoms with van der Waals surface area (Å²) in [6.07, 6.45) is 0. The molecule has 1 saturated heterocycles. The first-order valence-corrected chi connectivity index (χ1v) is 10.1. The van der Waals surface area contributed by atoms with Crippen LogP contribution in [0.2, 0.25) is 5.02 Å². The molecule has 1 aromatic heterocycles. The van der Waals surface area contributed by atoms with Crippen molar-refractivity contribution in [1.82, 2.24) is 0 Å². The molecule has 0 spiro atoms. The lowest BCUT2D eigenvalue weighted by Gasteiger charge is -2.25. The minimum Gasteiger partial charge on any atom is -0.507 e. The number of nitrogens with zero attached hydrogens (tertiary/aromatic N) is 1. The normalized spacial score (nSPS) is 18.2. The van der Waals surface area contributed by atoms with Crippen molar-refractivity contribution in [2.45, 2.75) is 13.0 Å². The summed E-state index contributed by atoms with van der Waals surface area (Å²) in [6.45, 7) is 1.53. The van der Waals surface area contributed by atoms with Gasteiger partial charge in [-0.05, 0) is 60.3 Å². The summed E-state index contributed by atoms with van der Waals surface area (Å²) in [5.74, 6) is -2.93. The molecule has 3 aromatic rings. The van der Waals surface area contributed by atoms with Crippen LogP contribution in [0.1, 0.15) is 22.0 Å². The molecule has 0 radical (unpaired) electrons. The number of hydrogen-bond donors (Lipinski definition) is 2. The number of ketones is 1. The number of Topliss-reactive ketones (excluding diaryl/α,β-unsaturated/α-hetero) is 1. The Labute approximate surface area is 180 Å². The average Bonchev–Trinajstić information content (AvgIpc) is 3.33. The summed E-state index contributed by atoms with van der Waals surface area (Å²) < 4.78 is 13.7. The molecule has 2 N–H and O–H groups in total.